The molecule has 22 heavy (non-hydrogen) atoms. The lowest BCUT2D eigenvalue weighted by Crippen LogP contribution is -2.16. The highest BCUT2D eigenvalue weighted by atomic mass is 31.1. The maximum absolute atomic E-state index is 11.9. The van der Waals surface area contributed by atoms with Crippen LogP contribution in [0.15, 0.2) is 40.7 Å². The quantitative estimate of drug-likeness (QED) is 0.302. The van der Waals surface area contributed by atoms with Crippen LogP contribution >= 0.6 is 7.55 Å². The van der Waals surface area contributed by atoms with Crippen molar-refractivity contribution in [3.05, 3.63) is 35.9 Å². The van der Waals surface area contributed by atoms with E-state index < -0.39 is 0 Å². The van der Waals surface area contributed by atoms with Crippen molar-refractivity contribution in [3.8, 4) is 0 Å². The van der Waals surface area contributed by atoms with Crippen LogP contribution in [0.4, 0.5) is 0 Å². The number of carbonyl (C=O) groups is 1. The molecular formula is C16H25N3O2P+. The molecule has 1 aromatic carbocycles. The zero-order chi connectivity index (χ0) is 16.4. The molecule has 120 valence electrons. The van der Waals surface area contributed by atoms with Gasteiger partial charge in [-0.25, -0.2) is 5.01 Å². The lowest BCUT2D eigenvalue weighted by atomic mass is 10.1. The lowest BCUT2D eigenvalue weighted by molar-refractivity contribution is -0.149. The van der Waals surface area contributed by atoms with E-state index in [1.807, 2.05) is 44.3 Å². The fourth-order valence-corrected chi connectivity index (χ4v) is 2.53. The molecule has 5 nitrogen and oxygen atoms in total. The molecule has 1 aromatic rings. The van der Waals surface area contributed by atoms with Crippen molar-refractivity contribution in [1.29, 1.82) is 0 Å². The van der Waals surface area contributed by atoms with Gasteiger partial charge in [0.1, 0.15) is 14.2 Å². The molecule has 0 fully saturated rings. The maximum Gasteiger partial charge on any atom is 0.309 e. The van der Waals surface area contributed by atoms with E-state index in [4.69, 9.17) is 4.74 Å². The number of carbonyl (C=O) groups excluding carboxylic acids is 1. The molecule has 0 spiro atoms. The Labute approximate surface area is 133 Å². The van der Waals surface area contributed by atoms with Gasteiger partial charge in [-0.05, 0) is 12.0 Å². The Hall–Kier alpha value is -1.74. The SMILES string of the molecule is C=[P+](C)CN(C)N=NCCC(C)C(=O)OCc1ccccc1. The van der Waals surface area contributed by atoms with Crippen LogP contribution in [0.3, 0.4) is 0 Å². The standard InChI is InChI=1S/C16H25N3O2P/c1-14(10-11-17-18-19(2)13-22(3)4)16(20)21-12-15-8-6-5-7-9-15/h5-9,14H,3,10-13H2,1-2,4H3/q+1. The molecule has 0 saturated heterocycles. The summed E-state index contributed by atoms with van der Waals surface area (Å²) in [6, 6.07) is 9.67. The number of nitrogens with zero attached hydrogens (tertiary/aromatic N) is 3. The maximum atomic E-state index is 11.9. The van der Waals surface area contributed by atoms with Gasteiger partial charge < -0.3 is 4.74 Å². The summed E-state index contributed by atoms with van der Waals surface area (Å²) in [5.41, 5.74) is 0.994. The van der Waals surface area contributed by atoms with Gasteiger partial charge in [0.05, 0.1) is 25.4 Å². The van der Waals surface area contributed by atoms with Gasteiger partial charge in [0.25, 0.3) is 0 Å². The molecule has 0 aliphatic heterocycles. The Kier molecular flexibility index (Phi) is 8.38. The first-order chi connectivity index (χ1) is 10.5. The number of hydrogen-bond acceptors (Lipinski definition) is 4. The highest BCUT2D eigenvalue weighted by Gasteiger charge is 2.14. The highest BCUT2D eigenvalue weighted by molar-refractivity contribution is 7.54. The second-order valence-corrected chi connectivity index (χ2v) is 7.39. The second-order valence-electron chi connectivity index (χ2n) is 5.39. The first kappa shape index (κ1) is 18.3. The first-order valence-corrected chi connectivity index (χ1v) is 9.45. The number of hydrogen-bond donors (Lipinski definition) is 0. The second kappa shape index (κ2) is 10.1. The van der Waals surface area contributed by atoms with Crippen LogP contribution in [0.25, 0.3) is 0 Å². The monoisotopic (exact) mass is 322 g/mol. The number of rotatable bonds is 9. The average molecular weight is 322 g/mol. The van der Waals surface area contributed by atoms with Crippen LogP contribution in [-0.2, 0) is 16.1 Å². The molecule has 0 N–H and O–H groups in total. The third-order valence-electron chi connectivity index (χ3n) is 2.95. The van der Waals surface area contributed by atoms with Crippen molar-refractivity contribution in [1.82, 2.24) is 5.01 Å². The van der Waals surface area contributed by atoms with E-state index in [2.05, 4.69) is 23.3 Å². The summed E-state index contributed by atoms with van der Waals surface area (Å²) in [5, 5.41) is 9.95. The Bertz CT molecular complexity index is 505. The van der Waals surface area contributed by atoms with E-state index in [1.54, 1.807) is 5.01 Å². The van der Waals surface area contributed by atoms with Crippen molar-refractivity contribution in [2.75, 3.05) is 26.5 Å². The molecule has 2 unspecified atom stereocenters. The van der Waals surface area contributed by atoms with E-state index in [0.29, 0.717) is 19.6 Å². The van der Waals surface area contributed by atoms with Gasteiger partial charge >= 0.3 is 5.97 Å². The minimum atomic E-state index is -0.263. The predicted octanol–water partition coefficient (Wildman–Crippen LogP) is 3.56. The summed E-state index contributed by atoms with van der Waals surface area (Å²) in [5.74, 6) is -0.369. The predicted molar refractivity (Wildman–Crippen MR) is 92.3 cm³/mol. The van der Waals surface area contributed by atoms with Gasteiger partial charge in [-0.15, -0.1) is 0 Å². The van der Waals surface area contributed by atoms with Crippen LogP contribution in [0, 0.1) is 5.92 Å². The zero-order valence-corrected chi connectivity index (χ0v) is 14.5. The highest BCUT2D eigenvalue weighted by Crippen LogP contribution is 2.14. The summed E-state index contributed by atoms with van der Waals surface area (Å²) in [7, 11) is 1.62. The van der Waals surface area contributed by atoms with Gasteiger partial charge in [-0.3, -0.25) is 4.79 Å². The molecule has 0 aliphatic carbocycles. The zero-order valence-electron chi connectivity index (χ0n) is 13.6. The molecule has 0 radical (unpaired) electrons. The fraction of sp³-hybridized carbons (Fsp3) is 0.500. The van der Waals surface area contributed by atoms with E-state index in [1.165, 1.54) is 0 Å². The summed E-state index contributed by atoms with van der Waals surface area (Å²) < 4.78 is 5.29. The normalized spacial score (nSPS) is 13.0. The van der Waals surface area contributed by atoms with Crippen LogP contribution in [0.2, 0.25) is 0 Å². The summed E-state index contributed by atoms with van der Waals surface area (Å²) in [6.45, 7) is 4.78. The van der Waals surface area contributed by atoms with Gasteiger partial charge in [0.15, 0.2) is 6.29 Å². The Morgan fingerprint density at radius 1 is 1.41 bits per heavy atom. The number of benzene rings is 1. The largest absolute Gasteiger partial charge is 0.461 e. The number of esters is 1. The molecule has 0 heterocycles. The first-order valence-electron chi connectivity index (χ1n) is 7.29. The van der Waals surface area contributed by atoms with Gasteiger partial charge in [-0.1, -0.05) is 42.5 Å². The Balaban J connectivity index is 2.24. The van der Waals surface area contributed by atoms with Crippen LogP contribution in [0.5, 0.6) is 0 Å². The Morgan fingerprint density at radius 3 is 2.73 bits per heavy atom. The van der Waals surface area contributed by atoms with E-state index in [-0.39, 0.29) is 19.4 Å². The van der Waals surface area contributed by atoms with Crippen molar-refractivity contribution in [2.24, 2.45) is 16.3 Å². The van der Waals surface area contributed by atoms with Crippen molar-refractivity contribution < 1.29 is 9.53 Å². The van der Waals surface area contributed by atoms with E-state index in [9.17, 15) is 4.79 Å². The molecule has 1 rings (SSSR count). The molecule has 0 aromatic heterocycles. The van der Waals surface area contributed by atoms with Crippen molar-refractivity contribution in [3.63, 3.8) is 0 Å². The Morgan fingerprint density at radius 2 is 2.09 bits per heavy atom. The molecule has 0 bridgehead atoms. The number of ether oxygens (including phenoxy) is 1. The molecule has 0 amide bonds. The van der Waals surface area contributed by atoms with Crippen molar-refractivity contribution in [2.45, 2.75) is 20.0 Å². The van der Waals surface area contributed by atoms with Crippen LogP contribution < -0.4 is 0 Å². The van der Waals surface area contributed by atoms with Gasteiger partial charge in [0, 0.05) is 7.05 Å². The summed E-state index contributed by atoms with van der Waals surface area (Å²) >= 11 is 0. The smallest absolute Gasteiger partial charge is 0.309 e. The van der Waals surface area contributed by atoms with E-state index >= 15 is 0 Å². The topological polar surface area (TPSA) is 54.3 Å². The molecule has 0 saturated carbocycles. The molecule has 2 atom stereocenters. The molecule has 0 aliphatic rings. The summed E-state index contributed by atoms with van der Waals surface area (Å²) in [6.07, 6.45) is 5.43. The van der Waals surface area contributed by atoms with Crippen molar-refractivity contribution >= 4 is 19.8 Å². The summed E-state index contributed by atoms with van der Waals surface area (Å²) in [4.78, 5) is 11.9. The molecule has 6 heteroatoms. The van der Waals surface area contributed by atoms with Crippen LogP contribution in [0.1, 0.15) is 18.9 Å². The molecular weight excluding hydrogens is 297 g/mol. The van der Waals surface area contributed by atoms with Gasteiger partial charge in [-0.2, -0.15) is 5.11 Å². The lowest BCUT2D eigenvalue weighted by Gasteiger charge is -2.10. The minimum absolute atomic E-state index is 0.177. The van der Waals surface area contributed by atoms with Crippen LogP contribution in [-0.4, -0.2) is 43.8 Å². The third-order valence-corrected chi connectivity index (χ3v) is 3.84. The fourth-order valence-electron chi connectivity index (χ4n) is 1.77. The average Bonchev–Trinajstić information content (AvgIpc) is 2.49. The van der Waals surface area contributed by atoms with E-state index in [0.717, 1.165) is 11.8 Å². The minimum Gasteiger partial charge on any atom is -0.461 e. The third kappa shape index (κ3) is 7.89. The van der Waals surface area contributed by atoms with Gasteiger partial charge in [0.2, 0.25) is 0 Å².